The summed E-state index contributed by atoms with van der Waals surface area (Å²) >= 11 is 4.83. The highest BCUT2D eigenvalue weighted by Crippen LogP contribution is 2.50. The number of carbonyl (C=O) groups is 3. The number of carbonyl (C=O) groups excluding carboxylic acids is 2. The lowest BCUT2D eigenvalue weighted by atomic mass is 9.88. The maximum absolute atomic E-state index is 13.5. The van der Waals surface area contributed by atoms with Crippen molar-refractivity contribution in [2.75, 3.05) is 5.32 Å². The van der Waals surface area contributed by atoms with Gasteiger partial charge in [-0.15, -0.1) is 8.78 Å². The zero-order chi connectivity index (χ0) is 30.2. The first-order valence-electron chi connectivity index (χ1n) is 13.5. The number of alkyl halides is 3. The van der Waals surface area contributed by atoms with E-state index in [-0.39, 0.29) is 48.5 Å². The molecule has 1 fully saturated rings. The number of aliphatic carboxylic acids is 1. The van der Waals surface area contributed by atoms with Crippen molar-refractivity contribution in [2.24, 2.45) is 0 Å². The Morgan fingerprint density at radius 2 is 1.95 bits per heavy atom. The lowest BCUT2D eigenvalue weighted by molar-refractivity contribution is -0.139. The molecule has 2 aromatic rings. The third-order valence-corrected chi connectivity index (χ3v) is 7.61. The van der Waals surface area contributed by atoms with Crippen LogP contribution in [0.1, 0.15) is 51.6 Å². The van der Waals surface area contributed by atoms with Crippen LogP contribution in [0.2, 0.25) is 0 Å². The number of amides is 2. The molecule has 222 valence electrons. The number of anilines is 1. The van der Waals surface area contributed by atoms with Crippen LogP contribution in [0, 0.1) is 0 Å². The van der Waals surface area contributed by atoms with Gasteiger partial charge in [-0.1, -0.05) is 0 Å². The Bertz CT molecular complexity index is 1480. The number of rotatable bonds is 10. The molecule has 3 aliphatic rings. The van der Waals surface area contributed by atoms with Crippen molar-refractivity contribution in [1.82, 2.24) is 20.4 Å². The SMILES string of the molecule is CC(C)N1C2=C(c3ccn[nH]3)C=C(C(=O)Nc3ccc(OC(F)(F)Cl)cc3)CC2=C2CCC(NC(=O)CCC(=O)O)C21. The van der Waals surface area contributed by atoms with Gasteiger partial charge in [0.2, 0.25) is 5.91 Å². The first-order valence-corrected chi connectivity index (χ1v) is 13.9. The second-order valence-corrected chi connectivity index (χ2v) is 11.1. The van der Waals surface area contributed by atoms with Crippen molar-refractivity contribution in [1.29, 1.82) is 0 Å². The number of H-pyrrole nitrogens is 1. The molecule has 5 rings (SSSR count). The molecule has 1 aromatic carbocycles. The number of benzene rings is 1. The number of aromatic amines is 1. The second kappa shape index (κ2) is 11.6. The number of nitrogens with one attached hydrogen (secondary N) is 3. The van der Waals surface area contributed by atoms with E-state index >= 15 is 0 Å². The molecule has 0 spiro atoms. The molecule has 4 N–H and O–H groups in total. The van der Waals surface area contributed by atoms with Crippen molar-refractivity contribution in [2.45, 2.75) is 69.6 Å². The fraction of sp³-hybridized carbons (Fsp3) is 0.379. The Morgan fingerprint density at radius 3 is 2.57 bits per heavy atom. The van der Waals surface area contributed by atoms with Gasteiger partial charge in [-0.3, -0.25) is 19.5 Å². The minimum Gasteiger partial charge on any atom is -0.481 e. The number of nitrogens with zero attached hydrogens (tertiary/aromatic N) is 2. The number of fused-ring (bicyclic) bond motifs is 2. The standard InChI is InChI=1S/C29H30ClF2N5O5/c1-15(2)37-26-20(19-7-8-23(27(19)37)35-24(38)9-10-25(39)40)13-16(14-21(26)22-11-12-33-36-22)28(41)34-17-3-5-18(6-4-17)42-29(30,31)32/h3-6,11-12,14-15,23,27H,7-10,13H2,1-2H3,(H,33,36)(H,34,41)(H,35,38)(H,39,40). The van der Waals surface area contributed by atoms with Crippen LogP contribution < -0.4 is 15.4 Å². The van der Waals surface area contributed by atoms with E-state index in [9.17, 15) is 23.2 Å². The Hall–Kier alpha value is -4.19. The summed E-state index contributed by atoms with van der Waals surface area (Å²) in [5.41, 5.74) is 1.68. The van der Waals surface area contributed by atoms with Crippen molar-refractivity contribution < 1.29 is 33.0 Å². The fourth-order valence-corrected chi connectivity index (χ4v) is 6.01. The maximum atomic E-state index is 13.5. The van der Waals surface area contributed by atoms with Crippen LogP contribution in [0.5, 0.6) is 5.75 Å². The van der Waals surface area contributed by atoms with E-state index in [0.717, 1.165) is 28.1 Å². The number of hydrogen-bond acceptors (Lipinski definition) is 6. The van der Waals surface area contributed by atoms with Crippen molar-refractivity contribution in [3.63, 3.8) is 0 Å². The lowest BCUT2D eigenvalue weighted by Gasteiger charge is -2.37. The third kappa shape index (κ3) is 6.18. The first kappa shape index (κ1) is 29.3. The molecule has 13 heteroatoms. The molecule has 2 atom stereocenters. The van der Waals surface area contributed by atoms with Crippen LogP contribution in [-0.2, 0) is 14.4 Å². The lowest BCUT2D eigenvalue weighted by Crippen LogP contribution is -2.49. The Labute approximate surface area is 245 Å². The molecule has 0 radical (unpaired) electrons. The number of carboxylic acid groups (broad SMARTS) is 1. The zero-order valence-electron chi connectivity index (χ0n) is 22.9. The van der Waals surface area contributed by atoms with Crippen molar-refractivity contribution >= 4 is 40.6 Å². The first-order chi connectivity index (χ1) is 19.9. The number of hydrogen-bond donors (Lipinski definition) is 4. The summed E-state index contributed by atoms with van der Waals surface area (Å²) in [6.07, 6.45) is 4.89. The third-order valence-electron chi connectivity index (χ3n) is 7.53. The molecule has 0 bridgehead atoms. The van der Waals surface area contributed by atoms with E-state index in [4.69, 9.17) is 16.7 Å². The predicted molar refractivity (Wildman–Crippen MR) is 151 cm³/mol. The molecule has 2 aliphatic carbocycles. The van der Waals surface area contributed by atoms with Gasteiger partial charge in [-0.25, -0.2) is 0 Å². The molecule has 1 aliphatic heterocycles. The Morgan fingerprint density at radius 1 is 1.21 bits per heavy atom. The van der Waals surface area contributed by atoms with Gasteiger partial charge in [0.05, 0.1) is 29.9 Å². The van der Waals surface area contributed by atoms with E-state index in [2.05, 4.69) is 44.3 Å². The van der Waals surface area contributed by atoms with Crippen LogP contribution in [0.15, 0.2) is 65.0 Å². The highest BCUT2D eigenvalue weighted by molar-refractivity contribution is 6.20. The van der Waals surface area contributed by atoms with E-state index < -0.39 is 11.5 Å². The topological polar surface area (TPSA) is 137 Å². The Kier molecular flexibility index (Phi) is 8.09. The van der Waals surface area contributed by atoms with Crippen molar-refractivity contribution in [3.05, 3.63) is 70.7 Å². The number of allylic oxidation sites excluding steroid dienone is 3. The average Bonchev–Trinajstić information content (AvgIpc) is 3.65. The Balaban J connectivity index is 1.45. The van der Waals surface area contributed by atoms with Gasteiger partial charge in [0.25, 0.3) is 5.91 Å². The molecule has 1 aromatic heterocycles. The molecule has 2 heterocycles. The predicted octanol–water partition coefficient (Wildman–Crippen LogP) is 4.79. The summed E-state index contributed by atoms with van der Waals surface area (Å²) in [7, 11) is 0. The van der Waals surface area contributed by atoms with Crippen molar-refractivity contribution in [3.8, 4) is 5.75 Å². The number of carboxylic acids is 1. The normalized spacial score (nSPS) is 20.0. The highest BCUT2D eigenvalue weighted by atomic mass is 35.5. The van der Waals surface area contributed by atoms with E-state index in [1.807, 2.05) is 12.1 Å². The quantitative estimate of drug-likeness (QED) is 0.287. The van der Waals surface area contributed by atoms with E-state index in [0.29, 0.717) is 30.5 Å². The molecule has 10 nitrogen and oxygen atoms in total. The molecule has 2 unspecified atom stereocenters. The summed E-state index contributed by atoms with van der Waals surface area (Å²) in [6.45, 7) is 4.14. The monoisotopic (exact) mass is 601 g/mol. The summed E-state index contributed by atoms with van der Waals surface area (Å²) in [4.78, 5) is 39.3. The number of ether oxygens (including phenoxy) is 1. The smallest absolute Gasteiger partial charge is 0.481 e. The van der Waals surface area contributed by atoms with Crippen LogP contribution >= 0.6 is 11.6 Å². The molecule has 0 saturated heterocycles. The van der Waals surface area contributed by atoms with Gasteiger partial charge in [0, 0.05) is 53.5 Å². The van der Waals surface area contributed by atoms with Crippen LogP contribution in [0.25, 0.3) is 5.57 Å². The van der Waals surface area contributed by atoms with Gasteiger partial charge in [0.1, 0.15) is 5.75 Å². The number of halogens is 3. The highest BCUT2D eigenvalue weighted by Gasteiger charge is 2.48. The van der Waals surface area contributed by atoms with Gasteiger partial charge in [0.15, 0.2) is 0 Å². The maximum Gasteiger partial charge on any atom is 0.487 e. The molecule has 42 heavy (non-hydrogen) atoms. The van der Waals surface area contributed by atoms with Gasteiger partial charge in [-0.05, 0) is 74.2 Å². The van der Waals surface area contributed by atoms with E-state index in [1.165, 1.54) is 24.3 Å². The molecule has 2 amide bonds. The summed E-state index contributed by atoms with van der Waals surface area (Å²) < 4.78 is 30.2. The van der Waals surface area contributed by atoms with Gasteiger partial charge in [-0.2, -0.15) is 5.10 Å². The van der Waals surface area contributed by atoms with Crippen LogP contribution in [0.3, 0.4) is 0 Å². The largest absolute Gasteiger partial charge is 0.487 e. The average molecular weight is 602 g/mol. The zero-order valence-corrected chi connectivity index (χ0v) is 23.7. The minimum absolute atomic E-state index is 0.0526. The fourth-order valence-electron chi connectivity index (χ4n) is 5.92. The molecular formula is C29H30ClF2N5O5. The van der Waals surface area contributed by atoms with Gasteiger partial charge >= 0.3 is 11.5 Å². The van der Waals surface area contributed by atoms with Crippen LogP contribution in [-0.4, -0.2) is 61.7 Å². The second-order valence-electron chi connectivity index (χ2n) is 10.7. The number of aromatic nitrogens is 2. The summed E-state index contributed by atoms with van der Waals surface area (Å²) in [5, 5.41) is 22.0. The summed E-state index contributed by atoms with van der Waals surface area (Å²) in [5.74, 6) is -1.84. The van der Waals surface area contributed by atoms with Crippen LogP contribution in [0.4, 0.5) is 14.5 Å². The van der Waals surface area contributed by atoms with E-state index in [1.54, 1.807) is 6.20 Å². The summed E-state index contributed by atoms with van der Waals surface area (Å²) in [6, 6.07) is 6.98. The minimum atomic E-state index is -3.84. The molecular weight excluding hydrogens is 572 g/mol. The van der Waals surface area contributed by atoms with Gasteiger partial charge < -0.3 is 25.4 Å². The molecule has 1 saturated carbocycles.